The van der Waals surface area contributed by atoms with E-state index in [-0.39, 0.29) is 5.91 Å². The maximum absolute atomic E-state index is 11.5. The lowest BCUT2D eigenvalue weighted by Crippen LogP contribution is -2.32. The fourth-order valence-electron chi connectivity index (χ4n) is 2.14. The van der Waals surface area contributed by atoms with Crippen molar-refractivity contribution in [1.29, 1.82) is 0 Å². The van der Waals surface area contributed by atoms with Gasteiger partial charge in [0.25, 0.3) is 0 Å². The quantitative estimate of drug-likeness (QED) is 0.829. The van der Waals surface area contributed by atoms with Gasteiger partial charge in [0.2, 0.25) is 5.91 Å². The molecule has 2 N–H and O–H groups in total. The molecule has 1 amide bonds. The summed E-state index contributed by atoms with van der Waals surface area (Å²) < 4.78 is 0. The van der Waals surface area contributed by atoms with Crippen LogP contribution in [0.25, 0.3) is 0 Å². The highest BCUT2D eigenvalue weighted by molar-refractivity contribution is 5.78. The minimum Gasteiger partial charge on any atom is -0.370 e. The molecule has 5 heteroatoms. The molecule has 5 nitrogen and oxygen atoms in total. The molecule has 0 unspecified atom stereocenters. The number of hydrogen-bond acceptors (Lipinski definition) is 4. The number of anilines is 1. The lowest BCUT2D eigenvalue weighted by molar-refractivity contribution is -0.121. The Balaban J connectivity index is 2.05. The van der Waals surface area contributed by atoms with Gasteiger partial charge in [-0.2, -0.15) is 0 Å². The van der Waals surface area contributed by atoms with Crippen molar-refractivity contribution in [2.24, 2.45) is 0 Å². The Morgan fingerprint density at radius 3 is 3.28 bits per heavy atom. The van der Waals surface area contributed by atoms with Crippen LogP contribution in [-0.4, -0.2) is 42.0 Å². The zero-order chi connectivity index (χ0) is 12.8. The molecule has 0 radical (unpaired) electrons. The molecule has 98 valence electrons. The number of rotatable bonds is 4. The molecule has 1 aliphatic rings. The van der Waals surface area contributed by atoms with E-state index in [1.165, 1.54) is 0 Å². The monoisotopic (exact) mass is 248 g/mol. The van der Waals surface area contributed by atoms with Crippen LogP contribution in [-0.2, 0) is 11.3 Å². The summed E-state index contributed by atoms with van der Waals surface area (Å²) in [5.41, 5.74) is 1.15. The van der Waals surface area contributed by atoms with Crippen molar-refractivity contribution in [2.75, 3.05) is 31.5 Å². The molecule has 0 saturated carbocycles. The third kappa shape index (κ3) is 3.43. The fourth-order valence-corrected chi connectivity index (χ4v) is 2.14. The van der Waals surface area contributed by atoms with Gasteiger partial charge in [0, 0.05) is 37.9 Å². The highest BCUT2D eigenvalue weighted by atomic mass is 16.2. The number of amides is 1. The highest BCUT2D eigenvalue weighted by Crippen LogP contribution is 2.14. The van der Waals surface area contributed by atoms with Crippen molar-refractivity contribution in [3.63, 3.8) is 0 Å². The van der Waals surface area contributed by atoms with Gasteiger partial charge in [0.1, 0.15) is 5.82 Å². The Labute approximate surface area is 108 Å². The molecule has 1 saturated heterocycles. The predicted molar refractivity (Wildman–Crippen MR) is 71.3 cm³/mol. The van der Waals surface area contributed by atoms with Gasteiger partial charge in [-0.3, -0.25) is 9.69 Å². The lowest BCUT2D eigenvalue weighted by Gasteiger charge is -2.20. The smallest absolute Gasteiger partial charge is 0.234 e. The minimum absolute atomic E-state index is 0.112. The third-order valence-electron chi connectivity index (χ3n) is 2.97. The van der Waals surface area contributed by atoms with Crippen LogP contribution in [0.4, 0.5) is 5.82 Å². The Kier molecular flexibility index (Phi) is 4.52. The maximum Gasteiger partial charge on any atom is 0.234 e. The van der Waals surface area contributed by atoms with Gasteiger partial charge < -0.3 is 10.6 Å². The molecule has 1 aromatic rings. The van der Waals surface area contributed by atoms with E-state index in [1.807, 2.05) is 6.07 Å². The van der Waals surface area contributed by atoms with E-state index in [2.05, 4.69) is 33.5 Å². The van der Waals surface area contributed by atoms with Crippen LogP contribution in [0.2, 0.25) is 0 Å². The van der Waals surface area contributed by atoms with E-state index >= 15 is 0 Å². The minimum atomic E-state index is 0.112. The van der Waals surface area contributed by atoms with Gasteiger partial charge in [0.05, 0.1) is 6.54 Å². The van der Waals surface area contributed by atoms with Crippen LogP contribution in [0.1, 0.15) is 18.9 Å². The zero-order valence-electron chi connectivity index (χ0n) is 10.8. The first-order chi connectivity index (χ1) is 8.79. The van der Waals surface area contributed by atoms with Crippen molar-refractivity contribution in [1.82, 2.24) is 15.2 Å². The number of nitrogens with zero attached hydrogens (tertiary/aromatic N) is 2. The number of aromatic nitrogens is 1. The van der Waals surface area contributed by atoms with Gasteiger partial charge in [0.15, 0.2) is 0 Å². The summed E-state index contributed by atoms with van der Waals surface area (Å²) in [6.45, 7) is 5.87. The third-order valence-corrected chi connectivity index (χ3v) is 2.97. The van der Waals surface area contributed by atoms with Crippen LogP contribution >= 0.6 is 0 Å². The van der Waals surface area contributed by atoms with Crippen LogP contribution in [0.15, 0.2) is 18.3 Å². The largest absolute Gasteiger partial charge is 0.370 e. The first-order valence-electron chi connectivity index (χ1n) is 6.46. The number of nitrogens with one attached hydrogen (secondary N) is 2. The summed E-state index contributed by atoms with van der Waals surface area (Å²) in [5.74, 6) is 1.03. The SMILES string of the molecule is CCNc1ncccc1CN1CCCNC(=O)C1. The van der Waals surface area contributed by atoms with Crippen molar-refractivity contribution in [2.45, 2.75) is 19.9 Å². The average molecular weight is 248 g/mol. The fraction of sp³-hybridized carbons (Fsp3) is 0.538. The summed E-state index contributed by atoms with van der Waals surface area (Å²) >= 11 is 0. The van der Waals surface area contributed by atoms with E-state index in [1.54, 1.807) is 6.20 Å². The van der Waals surface area contributed by atoms with Crippen LogP contribution in [0, 0.1) is 0 Å². The summed E-state index contributed by atoms with van der Waals surface area (Å²) in [6, 6.07) is 4.00. The van der Waals surface area contributed by atoms with Crippen molar-refractivity contribution < 1.29 is 4.79 Å². The first-order valence-corrected chi connectivity index (χ1v) is 6.46. The van der Waals surface area contributed by atoms with Gasteiger partial charge in [-0.25, -0.2) is 4.98 Å². The summed E-state index contributed by atoms with van der Waals surface area (Å²) in [6.07, 6.45) is 2.79. The molecule has 0 bridgehead atoms. The number of carbonyl (C=O) groups excluding carboxylic acids is 1. The molecule has 2 rings (SSSR count). The Morgan fingerprint density at radius 2 is 2.44 bits per heavy atom. The predicted octanol–water partition coefficient (Wildman–Crippen LogP) is 0.835. The summed E-state index contributed by atoms with van der Waals surface area (Å²) in [4.78, 5) is 18.0. The standard InChI is InChI=1S/C13H20N4O/c1-2-14-13-11(5-3-6-16-13)9-17-8-4-7-15-12(18)10-17/h3,5-6H,2,4,7-10H2,1H3,(H,14,16)(H,15,18). The van der Waals surface area contributed by atoms with Gasteiger partial charge in [-0.15, -0.1) is 0 Å². The Bertz CT molecular complexity index is 408. The summed E-state index contributed by atoms with van der Waals surface area (Å²) in [7, 11) is 0. The van der Waals surface area contributed by atoms with Gasteiger partial charge in [-0.1, -0.05) is 6.07 Å². The van der Waals surface area contributed by atoms with E-state index in [9.17, 15) is 4.79 Å². The lowest BCUT2D eigenvalue weighted by atomic mass is 10.2. The van der Waals surface area contributed by atoms with Crippen molar-refractivity contribution in [3.05, 3.63) is 23.9 Å². The van der Waals surface area contributed by atoms with E-state index < -0.39 is 0 Å². The van der Waals surface area contributed by atoms with Gasteiger partial charge >= 0.3 is 0 Å². The van der Waals surface area contributed by atoms with E-state index in [0.29, 0.717) is 6.54 Å². The topological polar surface area (TPSA) is 57.3 Å². The van der Waals surface area contributed by atoms with Crippen molar-refractivity contribution >= 4 is 11.7 Å². The second-order valence-electron chi connectivity index (χ2n) is 4.46. The molecule has 1 aromatic heterocycles. The molecule has 2 heterocycles. The normalized spacial score (nSPS) is 17.1. The number of pyridine rings is 1. The van der Waals surface area contributed by atoms with E-state index in [0.717, 1.165) is 44.0 Å². The maximum atomic E-state index is 11.5. The Hall–Kier alpha value is -1.62. The second-order valence-corrected chi connectivity index (χ2v) is 4.46. The summed E-state index contributed by atoms with van der Waals surface area (Å²) in [5, 5.41) is 6.14. The molecular formula is C13H20N4O. The number of carbonyl (C=O) groups is 1. The molecule has 18 heavy (non-hydrogen) atoms. The highest BCUT2D eigenvalue weighted by Gasteiger charge is 2.15. The van der Waals surface area contributed by atoms with Crippen molar-refractivity contribution in [3.8, 4) is 0 Å². The second kappa shape index (κ2) is 6.35. The molecule has 0 aromatic carbocycles. The molecule has 0 spiro atoms. The first kappa shape index (κ1) is 12.8. The Morgan fingerprint density at radius 1 is 1.56 bits per heavy atom. The van der Waals surface area contributed by atoms with E-state index in [4.69, 9.17) is 0 Å². The molecule has 1 aliphatic heterocycles. The van der Waals surface area contributed by atoms with Crippen LogP contribution in [0.5, 0.6) is 0 Å². The molecule has 1 fully saturated rings. The zero-order valence-corrected chi connectivity index (χ0v) is 10.8. The van der Waals surface area contributed by atoms with Crippen LogP contribution < -0.4 is 10.6 Å². The average Bonchev–Trinajstić information content (AvgIpc) is 2.56. The molecular weight excluding hydrogens is 228 g/mol. The molecule has 0 aliphatic carbocycles. The van der Waals surface area contributed by atoms with Gasteiger partial charge in [-0.05, 0) is 19.4 Å². The van der Waals surface area contributed by atoms with Crippen LogP contribution in [0.3, 0.4) is 0 Å². The molecule has 0 atom stereocenters. The number of hydrogen-bond donors (Lipinski definition) is 2.